The molecule has 10 nitrogen and oxygen atoms in total. The van der Waals surface area contributed by atoms with Crippen LogP contribution in [0.2, 0.25) is 0 Å². The number of piperidine rings is 1. The number of nitrogens with zero attached hydrogens (tertiary/aromatic N) is 6. The van der Waals surface area contributed by atoms with Crippen LogP contribution >= 0.6 is 0 Å². The first-order valence-corrected chi connectivity index (χ1v) is 15.4. The van der Waals surface area contributed by atoms with Gasteiger partial charge in [0.05, 0.1) is 11.2 Å². The zero-order valence-electron chi connectivity index (χ0n) is 26.5. The number of anilines is 1. The van der Waals surface area contributed by atoms with Crippen LogP contribution in [0, 0.1) is 19.3 Å². The Morgan fingerprint density at radius 1 is 1.06 bits per heavy atom. The molecule has 1 unspecified atom stereocenters. The number of amides is 2. The van der Waals surface area contributed by atoms with E-state index in [1.54, 1.807) is 29.0 Å². The summed E-state index contributed by atoms with van der Waals surface area (Å²) in [5.74, 6) is -1.57. The maximum absolute atomic E-state index is 14.7. The minimum Gasteiger partial charge on any atom is -0.337 e. The number of hydrogen-bond donors (Lipinski definition) is 1. The van der Waals surface area contributed by atoms with Crippen molar-refractivity contribution >= 4 is 40.0 Å². The molecule has 1 N–H and O–H groups in total. The highest BCUT2D eigenvalue weighted by Gasteiger charge is 2.64. The van der Waals surface area contributed by atoms with Gasteiger partial charge in [-0.1, -0.05) is 13.0 Å². The number of benzene rings is 1. The smallest absolute Gasteiger partial charge is 0.337 e. The highest BCUT2D eigenvalue weighted by molar-refractivity contribution is 6.09. The van der Waals surface area contributed by atoms with Crippen molar-refractivity contribution in [3.05, 3.63) is 77.0 Å². The van der Waals surface area contributed by atoms with Crippen LogP contribution in [0.4, 0.5) is 23.4 Å². The number of carbonyl (C=O) groups is 3. The highest BCUT2D eigenvalue weighted by Crippen LogP contribution is 2.59. The molecule has 1 aliphatic heterocycles. The van der Waals surface area contributed by atoms with Gasteiger partial charge in [-0.05, 0) is 68.4 Å². The molecule has 1 aliphatic carbocycles. The van der Waals surface area contributed by atoms with Gasteiger partial charge < -0.3 is 14.8 Å². The minimum absolute atomic E-state index is 0.226. The Morgan fingerprint density at radius 3 is 2.54 bits per heavy atom. The number of aryl methyl sites for hydroxylation is 2. The lowest BCUT2D eigenvalue weighted by atomic mass is 10.00. The summed E-state index contributed by atoms with van der Waals surface area (Å²) in [4.78, 5) is 49.9. The van der Waals surface area contributed by atoms with E-state index < -0.39 is 36.4 Å². The number of ketones is 1. The van der Waals surface area contributed by atoms with Gasteiger partial charge in [-0.25, -0.2) is 18.9 Å². The van der Waals surface area contributed by atoms with Crippen LogP contribution in [-0.2, 0) is 29.0 Å². The second-order valence-electron chi connectivity index (χ2n) is 13.1. The molecule has 5 heterocycles. The van der Waals surface area contributed by atoms with E-state index in [1.165, 1.54) is 35.6 Å². The summed E-state index contributed by atoms with van der Waals surface area (Å²) in [6, 6.07) is 6.12. The molecule has 248 valence electrons. The van der Waals surface area contributed by atoms with E-state index in [-0.39, 0.29) is 35.2 Å². The minimum atomic E-state index is -4.70. The van der Waals surface area contributed by atoms with Crippen molar-refractivity contribution in [3.8, 4) is 11.1 Å². The van der Waals surface area contributed by atoms with Crippen LogP contribution in [0.5, 0.6) is 0 Å². The molecule has 3 atom stereocenters. The number of alkyl halides is 4. The second-order valence-corrected chi connectivity index (χ2v) is 13.1. The van der Waals surface area contributed by atoms with E-state index in [2.05, 4.69) is 20.4 Å². The maximum atomic E-state index is 14.7. The molecule has 2 amide bonds. The van der Waals surface area contributed by atoms with Gasteiger partial charge in [0.15, 0.2) is 11.4 Å². The predicted octanol–water partition coefficient (Wildman–Crippen LogP) is 6.07. The summed E-state index contributed by atoms with van der Waals surface area (Å²) in [7, 11) is 0. The lowest BCUT2D eigenvalue weighted by Crippen LogP contribution is -2.46. The molecule has 0 radical (unpaired) electrons. The van der Waals surface area contributed by atoms with Gasteiger partial charge in [0.2, 0.25) is 11.8 Å². The van der Waals surface area contributed by atoms with Crippen molar-refractivity contribution in [2.24, 2.45) is 5.41 Å². The van der Waals surface area contributed by atoms with Crippen LogP contribution in [0.3, 0.4) is 0 Å². The summed E-state index contributed by atoms with van der Waals surface area (Å²) in [5, 5.41) is 7.39. The topological polar surface area (TPSA) is 114 Å². The van der Waals surface area contributed by atoms with E-state index in [0.717, 1.165) is 11.8 Å². The third kappa shape index (κ3) is 5.28. The van der Waals surface area contributed by atoms with E-state index >= 15 is 0 Å². The predicted molar refractivity (Wildman–Crippen MR) is 168 cm³/mol. The van der Waals surface area contributed by atoms with Gasteiger partial charge in [-0.15, -0.1) is 0 Å². The number of rotatable bonds is 7. The average molecular weight is 662 g/mol. The van der Waals surface area contributed by atoms with Crippen molar-refractivity contribution in [2.75, 3.05) is 5.32 Å². The van der Waals surface area contributed by atoms with Crippen LogP contribution < -0.4 is 5.32 Å². The first kappa shape index (κ1) is 31.5. The largest absolute Gasteiger partial charge is 0.433 e. The maximum Gasteiger partial charge on any atom is 0.433 e. The van der Waals surface area contributed by atoms with E-state index in [0.29, 0.717) is 51.6 Å². The molecule has 7 rings (SSSR count). The number of Topliss-reactive ketones (excluding diaryl/α,β-unsaturated/α-hetero) is 1. The van der Waals surface area contributed by atoms with Crippen molar-refractivity contribution in [2.45, 2.75) is 72.0 Å². The molecule has 2 fully saturated rings. The Morgan fingerprint density at radius 2 is 1.83 bits per heavy atom. The molecule has 1 saturated heterocycles. The van der Waals surface area contributed by atoms with Gasteiger partial charge in [0.25, 0.3) is 0 Å². The van der Waals surface area contributed by atoms with Gasteiger partial charge in [0.1, 0.15) is 30.8 Å². The molecule has 1 aromatic carbocycles. The molecular weight excluding hydrogens is 630 g/mol. The molecule has 2 aliphatic rings. The number of carbonyl (C=O) groups excluding carboxylic acids is 3. The molecule has 0 bridgehead atoms. The number of fused-ring (bicyclic) bond motifs is 3. The normalized spacial score (nSPS) is 20.4. The fraction of sp³-hybridized carbons (Fsp3) is 0.353. The summed E-state index contributed by atoms with van der Waals surface area (Å²) in [6.07, 6.45) is 1.24. The van der Waals surface area contributed by atoms with Gasteiger partial charge in [-0.2, -0.15) is 18.3 Å². The summed E-state index contributed by atoms with van der Waals surface area (Å²) >= 11 is 0. The molecule has 14 heteroatoms. The van der Waals surface area contributed by atoms with Crippen molar-refractivity contribution < 1.29 is 31.9 Å². The van der Waals surface area contributed by atoms with Crippen LogP contribution in [0.25, 0.3) is 27.7 Å². The zero-order valence-corrected chi connectivity index (χ0v) is 26.5. The Bertz CT molecular complexity index is 2170. The molecule has 4 aromatic heterocycles. The van der Waals surface area contributed by atoms with Gasteiger partial charge >= 0.3 is 6.18 Å². The Kier molecular flexibility index (Phi) is 7.18. The Labute approximate surface area is 271 Å². The number of hydrogen-bond acceptors (Lipinski definition) is 6. The fourth-order valence-corrected chi connectivity index (χ4v) is 6.95. The number of aromatic nitrogens is 5. The summed E-state index contributed by atoms with van der Waals surface area (Å²) < 4.78 is 57.8. The van der Waals surface area contributed by atoms with Crippen molar-refractivity contribution in [1.82, 2.24) is 29.0 Å². The first-order valence-electron chi connectivity index (χ1n) is 15.4. The average Bonchev–Trinajstić information content (AvgIpc) is 3.29. The Hall–Kier alpha value is -5.14. The molecule has 48 heavy (non-hydrogen) atoms. The monoisotopic (exact) mass is 661 g/mol. The standard InChI is InChI=1S/C34H31F4N7O3/c1-17-5-6-26(34(36,37)38)40-31(17)41-32(48)25-10-33(4)11-27(33)45(25)29(47)16-43-15-24(19(3)46)23-9-20(8-21(12-35)30(23)43)22-13-39-28-7-18(2)42-44(28)14-22/h5-9,13-15,25,27H,10-12,16H2,1-4H3,(H,40,41,48)/t25-,27?,33-/m0/s1. The van der Waals surface area contributed by atoms with E-state index in [1.807, 2.05) is 19.9 Å². The Balaban J connectivity index is 1.21. The number of pyridine rings is 1. The van der Waals surface area contributed by atoms with E-state index in [9.17, 15) is 31.9 Å². The number of nitrogens with one attached hydrogen (secondary N) is 1. The lowest BCUT2D eigenvalue weighted by molar-refractivity contribution is -0.141. The molecular formula is C34H31F4N7O3. The number of halogens is 4. The SMILES string of the molecule is CC(=O)c1cn(CC(=O)N2C3C[C@]3(C)C[C@H]2C(=O)Nc2nc(C(F)(F)F)ccc2C)c2c(CF)cc(-c3cnc4cc(C)nn4c3)cc12. The summed E-state index contributed by atoms with van der Waals surface area (Å²) in [6.45, 7) is 5.56. The molecule has 0 spiro atoms. The third-order valence-corrected chi connectivity index (χ3v) is 9.50. The van der Waals surface area contributed by atoms with Crippen LogP contribution in [0.1, 0.15) is 59.6 Å². The van der Waals surface area contributed by atoms with Crippen molar-refractivity contribution in [1.29, 1.82) is 0 Å². The quantitative estimate of drug-likeness (QED) is 0.167. The van der Waals surface area contributed by atoms with Gasteiger partial charge in [-0.3, -0.25) is 14.4 Å². The van der Waals surface area contributed by atoms with Gasteiger partial charge in [0, 0.05) is 52.8 Å². The lowest BCUT2D eigenvalue weighted by Gasteiger charge is -2.27. The van der Waals surface area contributed by atoms with Crippen LogP contribution in [-0.4, -0.2) is 58.7 Å². The third-order valence-electron chi connectivity index (χ3n) is 9.50. The molecule has 5 aromatic rings. The zero-order chi connectivity index (χ0) is 34.3. The second kappa shape index (κ2) is 11.0. The first-order chi connectivity index (χ1) is 22.7. The highest BCUT2D eigenvalue weighted by atomic mass is 19.4. The van der Waals surface area contributed by atoms with E-state index in [4.69, 9.17) is 0 Å². The number of likely N-dealkylation sites (tertiary alicyclic amines) is 1. The molecule has 1 saturated carbocycles. The van der Waals surface area contributed by atoms with Crippen molar-refractivity contribution in [3.63, 3.8) is 0 Å². The van der Waals surface area contributed by atoms with Crippen LogP contribution in [0.15, 0.2) is 48.9 Å². The summed E-state index contributed by atoms with van der Waals surface area (Å²) in [5.41, 5.74) is 2.54. The fourth-order valence-electron chi connectivity index (χ4n) is 6.95.